The number of unbranched alkanes of at least 4 members (excludes halogenated alkanes) is 42. The van der Waals surface area contributed by atoms with E-state index in [-0.39, 0.29) is 25.7 Å². The summed E-state index contributed by atoms with van der Waals surface area (Å²) in [7, 11) is -9.91. The molecule has 17 nitrogen and oxygen atoms in total. The molecule has 0 heterocycles. The zero-order valence-corrected chi connectivity index (χ0v) is 62.3. The lowest BCUT2D eigenvalue weighted by Crippen LogP contribution is -2.30. The second-order valence-corrected chi connectivity index (χ2v) is 30.3. The van der Waals surface area contributed by atoms with E-state index in [9.17, 15) is 43.2 Å². The third-order valence-corrected chi connectivity index (χ3v) is 19.5. The topological polar surface area (TPSA) is 237 Å². The largest absolute Gasteiger partial charge is 0.472 e. The summed E-state index contributed by atoms with van der Waals surface area (Å²) in [6.07, 6.45) is 52.6. The maximum absolute atomic E-state index is 13.1. The molecule has 0 bridgehead atoms. The van der Waals surface area contributed by atoms with Gasteiger partial charge in [-0.05, 0) is 37.5 Å². The van der Waals surface area contributed by atoms with Gasteiger partial charge in [-0.25, -0.2) is 9.13 Å². The van der Waals surface area contributed by atoms with Crippen LogP contribution in [-0.4, -0.2) is 96.7 Å². The summed E-state index contributed by atoms with van der Waals surface area (Å²) in [6, 6.07) is 0. The van der Waals surface area contributed by atoms with Crippen LogP contribution >= 0.6 is 15.6 Å². The van der Waals surface area contributed by atoms with E-state index in [1.165, 1.54) is 193 Å². The van der Waals surface area contributed by atoms with Crippen LogP contribution in [0.4, 0.5) is 0 Å². The van der Waals surface area contributed by atoms with Crippen LogP contribution in [0.3, 0.4) is 0 Å². The molecule has 0 spiro atoms. The molecule has 0 fully saturated rings. The first kappa shape index (κ1) is 91.1. The Labute approximate surface area is 568 Å². The van der Waals surface area contributed by atoms with Crippen LogP contribution in [-0.2, 0) is 65.4 Å². The molecule has 0 aromatic rings. The molecule has 0 rings (SSSR count). The number of hydrogen-bond acceptors (Lipinski definition) is 15. The van der Waals surface area contributed by atoms with E-state index in [0.717, 1.165) is 108 Å². The fourth-order valence-corrected chi connectivity index (χ4v) is 12.8. The first-order valence-corrected chi connectivity index (χ1v) is 41.5. The molecule has 0 aliphatic carbocycles. The van der Waals surface area contributed by atoms with Crippen LogP contribution in [0.15, 0.2) is 0 Å². The van der Waals surface area contributed by atoms with Crippen molar-refractivity contribution in [2.45, 2.75) is 400 Å². The van der Waals surface area contributed by atoms with Crippen molar-refractivity contribution in [1.82, 2.24) is 0 Å². The smallest absolute Gasteiger partial charge is 0.462 e. The van der Waals surface area contributed by atoms with Gasteiger partial charge in [0.05, 0.1) is 26.4 Å². The standard InChI is InChI=1S/C74H144O17P2/c1-7-10-12-14-16-18-20-22-24-25-27-29-34-38-46-52-58-73(78)90-69(62-84-71(76)56-50-44-37-33-28-26-23-21-19-17-15-13-11-8-2)64-88-92(80,81)86-60-68(75)61-87-93(82,83)89-65-70(63-85-72(77)57-51-45-41-40-43-49-55-67(6)9-3)91-74(79)59-53-47-39-35-31-30-32-36-42-48-54-66(4)5/h66-70,75H,7-65H2,1-6H3,(H,80,81)(H,82,83)/t67?,68-,69-,70-/m1/s1. The Balaban J connectivity index is 5.26. The Bertz CT molecular complexity index is 1810. The van der Waals surface area contributed by atoms with Gasteiger partial charge in [0.15, 0.2) is 12.2 Å². The van der Waals surface area contributed by atoms with E-state index in [1.54, 1.807) is 0 Å². The minimum absolute atomic E-state index is 0.105. The predicted octanol–water partition coefficient (Wildman–Crippen LogP) is 21.6. The molecule has 3 N–H and O–H groups in total. The highest BCUT2D eigenvalue weighted by Crippen LogP contribution is 2.45. The zero-order valence-electron chi connectivity index (χ0n) is 60.6. The van der Waals surface area contributed by atoms with Crippen LogP contribution < -0.4 is 0 Å². The number of ether oxygens (including phenoxy) is 4. The fourth-order valence-electron chi connectivity index (χ4n) is 11.3. The molecule has 6 atom stereocenters. The lowest BCUT2D eigenvalue weighted by molar-refractivity contribution is -0.161. The molecule has 3 unspecified atom stereocenters. The summed E-state index contributed by atoms with van der Waals surface area (Å²) in [5.41, 5.74) is 0. The molecule has 0 aromatic heterocycles. The van der Waals surface area contributed by atoms with Gasteiger partial charge in [0.1, 0.15) is 19.3 Å². The molecule has 93 heavy (non-hydrogen) atoms. The van der Waals surface area contributed by atoms with Gasteiger partial charge in [0.2, 0.25) is 0 Å². The van der Waals surface area contributed by atoms with Gasteiger partial charge in [-0.3, -0.25) is 37.3 Å². The van der Waals surface area contributed by atoms with Crippen LogP contribution in [0.25, 0.3) is 0 Å². The van der Waals surface area contributed by atoms with Crippen LogP contribution in [0.1, 0.15) is 382 Å². The Hall–Kier alpha value is -1.94. The summed E-state index contributed by atoms with van der Waals surface area (Å²) in [5.74, 6) is -0.635. The Morgan fingerprint density at radius 1 is 0.312 bits per heavy atom. The highest BCUT2D eigenvalue weighted by molar-refractivity contribution is 7.47. The molecule has 0 aromatic carbocycles. The van der Waals surface area contributed by atoms with Crippen molar-refractivity contribution < 1.29 is 80.2 Å². The van der Waals surface area contributed by atoms with Gasteiger partial charge in [0.25, 0.3) is 0 Å². The quantitative estimate of drug-likeness (QED) is 0.0222. The van der Waals surface area contributed by atoms with E-state index < -0.39 is 97.5 Å². The molecular weight excluding hydrogens is 1220 g/mol. The molecule has 0 aliphatic rings. The minimum atomic E-state index is -4.96. The number of hydrogen-bond donors (Lipinski definition) is 3. The number of aliphatic hydroxyl groups excluding tert-OH is 1. The maximum atomic E-state index is 13.1. The highest BCUT2D eigenvalue weighted by Gasteiger charge is 2.30. The number of phosphoric ester groups is 2. The van der Waals surface area contributed by atoms with Crippen molar-refractivity contribution in [1.29, 1.82) is 0 Å². The molecule has 0 saturated carbocycles. The van der Waals surface area contributed by atoms with Crippen molar-refractivity contribution >= 4 is 39.5 Å². The van der Waals surface area contributed by atoms with E-state index in [0.29, 0.717) is 25.7 Å². The van der Waals surface area contributed by atoms with E-state index in [2.05, 4.69) is 41.5 Å². The van der Waals surface area contributed by atoms with Gasteiger partial charge < -0.3 is 33.8 Å². The summed E-state index contributed by atoms with van der Waals surface area (Å²) in [4.78, 5) is 72.7. The second kappa shape index (κ2) is 66.0. The summed E-state index contributed by atoms with van der Waals surface area (Å²) in [5, 5.41) is 10.6. The highest BCUT2D eigenvalue weighted by atomic mass is 31.2. The summed E-state index contributed by atoms with van der Waals surface area (Å²) < 4.78 is 68.5. The van der Waals surface area contributed by atoms with Gasteiger partial charge in [-0.2, -0.15) is 0 Å². The van der Waals surface area contributed by atoms with Crippen LogP contribution in [0.2, 0.25) is 0 Å². The lowest BCUT2D eigenvalue weighted by atomic mass is 10.00. The van der Waals surface area contributed by atoms with Crippen LogP contribution in [0.5, 0.6) is 0 Å². The van der Waals surface area contributed by atoms with Gasteiger partial charge >= 0.3 is 39.5 Å². The molecule has 0 amide bonds. The number of rotatable bonds is 73. The Morgan fingerprint density at radius 2 is 0.548 bits per heavy atom. The van der Waals surface area contributed by atoms with E-state index in [4.69, 9.17) is 37.0 Å². The number of phosphoric acid groups is 2. The average Bonchev–Trinajstić information content (AvgIpc) is 2.91. The predicted molar refractivity (Wildman–Crippen MR) is 377 cm³/mol. The SMILES string of the molecule is CCCCCCCCCCCCCCCCCCC(=O)O[C@H](COC(=O)CCCCCCCCCCCCCCCC)COP(=O)(O)OC[C@@H](O)COP(=O)(O)OC[C@@H](COC(=O)CCCCCCCCC(C)CC)OC(=O)CCCCCCCCCCCCC(C)C. The maximum Gasteiger partial charge on any atom is 0.472 e. The molecule has 552 valence electrons. The van der Waals surface area contributed by atoms with Crippen molar-refractivity contribution in [3.8, 4) is 0 Å². The fraction of sp³-hybridized carbons (Fsp3) is 0.946. The zero-order chi connectivity index (χ0) is 68.6. The van der Waals surface area contributed by atoms with E-state index in [1.807, 2.05) is 0 Å². The monoisotopic (exact) mass is 1370 g/mol. The summed E-state index contributed by atoms with van der Waals surface area (Å²) in [6.45, 7) is 9.54. The second-order valence-electron chi connectivity index (χ2n) is 27.4. The Kier molecular flexibility index (Phi) is 64.6. The molecule has 0 saturated heterocycles. The Morgan fingerprint density at radius 3 is 0.817 bits per heavy atom. The van der Waals surface area contributed by atoms with E-state index >= 15 is 0 Å². The number of esters is 4. The van der Waals surface area contributed by atoms with Crippen molar-refractivity contribution in [3.05, 3.63) is 0 Å². The third-order valence-electron chi connectivity index (χ3n) is 17.6. The molecule has 0 radical (unpaired) electrons. The minimum Gasteiger partial charge on any atom is -0.462 e. The summed E-state index contributed by atoms with van der Waals surface area (Å²) >= 11 is 0. The number of carbonyl (C=O) groups excluding carboxylic acids is 4. The number of carbonyl (C=O) groups is 4. The van der Waals surface area contributed by atoms with Crippen molar-refractivity contribution in [2.24, 2.45) is 11.8 Å². The van der Waals surface area contributed by atoms with Gasteiger partial charge in [-0.1, -0.05) is 330 Å². The van der Waals surface area contributed by atoms with Crippen molar-refractivity contribution in [2.75, 3.05) is 39.6 Å². The van der Waals surface area contributed by atoms with Crippen LogP contribution in [0, 0.1) is 11.8 Å². The number of aliphatic hydroxyl groups is 1. The molecule has 0 aliphatic heterocycles. The average molecular weight is 1370 g/mol. The van der Waals surface area contributed by atoms with Gasteiger partial charge in [0, 0.05) is 25.7 Å². The van der Waals surface area contributed by atoms with Gasteiger partial charge in [-0.15, -0.1) is 0 Å². The lowest BCUT2D eigenvalue weighted by Gasteiger charge is -2.21. The normalized spacial score (nSPS) is 14.3. The first-order chi connectivity index (χ1) is 44.9. The first-order valence-electron chi connectivity index (χ1n) is 38.5. The molecule has 19 heteroatoms. The third kappa shape index (κ3) is 67.0. The molecular formula is C74H144O17P2. The van der Waals surface area contributed by atoms with Crippen molar-refractivity contribution in [3.63, 3.8) is 0 Å².